The number of aromatic nitrogens is 3. The maximum Gasteiger partial charge on any atom is 0.153 e. The molecule has 0 aliphatic heterocycles. The van der Waals surface area contributed by atoms with Gasteiger partial charge < -0.3 is 10.4 Å². The fourth-order valence-corrected chi connectivity index (χ4v) is 2.60. The molecule has 2 N–H and O–H groups in total. The zero-order chi connectivity index (χ0) is 18.1. The number of aliphatic hydroxyl groups is 1. The van der Waals surface area contributed by atoms with Gasteiger partial charge in [-0.1, -0.05) is 30.9 Å². The summed E-state index contributed by atoms with van der Waals surface area (Å²) < 4.78 is 1.84. The Morgan fingerprint density at radius 3 is 2.96 bits per heavy atom. The lowest BCUT2D eigenvalue weighted by Gasteiger charge is -2.07. The van der Waals surface area contributed by atoms with Gasteiger partial charge in [-0.25, -0.2) is 9.50 Å². The van der Waals surface area contributed by atoms with Gasteiger partial charge in [0.25, 0.3) is 0 Å². The molecule has 0 aromatic carbocycles. The van der Waals surface area contributed by atoms with E-state index in [9.17, 15) is 5.11 Å². The number of nitrogens with zero attached hydrogens (tertiary/aromatic N) is 3. The van der Waals surface area contributed by atoms with E-state index in [-0.39, 0.29) is 6.61 Å². The highest BCUT2D eigenvalue weighted by atomic mass is 32.2. The molecule has 0 fully saturated rings. The molecule has 6 heteroatoms. The van der Waals surface area contributed by atoms with Crippen molar-refractivity contribution < 1.29 is 5.11 Å². The molecule has 0 saturated heterocycles. The monoisotopic (exact) mass is 356 g/mol. The van der Waals surface area contributed by atoms with Gasteiger partial charge in [0.05, 0.1) is 18.5 Å². The SMILES string of the molecule is C=C(CNc1ccc2ncc(C/C=C\C(=C/C)CO)n2n1)S/C=C\C. The van der Waals surface area contributed by atoms with Gasteiger partial charge in [0.2, 0.25) is 0 Å². The molecule has 0 unspecified atom stereocenters. The zero-order valence-electron chi connectivity index (χ0n) is 14.6. The second-order valence-electron chi connectivity index (χ2n) is 5.35. The van der Waals surface area contributed by atoms with Crippen LogP contribution in [0, 0.1) is 0 Å². The van der Waals surface area contributed by atoms with Crippen LogP contribution in [0.15, 0.2) is 65.1 Å². The summed E-state index contributed by atoms with van der Waals surface area (Å²) in [6.07, 6.45) is 10.3. The minimum absolute atomic E-state index is 0.0432. The van der Waals surface area contributed by atoms with Gasteiger partial charge >= 0.3 is 0 Å². The van der Waals surface area contributed by atoms with E-state index >= 15 is 0 Å². The average molecular weight is 356 g/mol. The number of thioether (sulfide) groups is 1. The summed E-state index contributed by atoms with van der Waals surface area (Å²) >= 11 is 1.60. The Morgan fingerprint density at radius 1 is 1.40 bits per heavy atom. The lowest BCUT2D eigenvalue weighted by atomic mass is 10.2. The van der Waals surface area contributed by atoms with Crippen LogP contribution in [0.25, 0.3) is 5.65 Å². The molecule has 0 saturated carbocycles. The summed E-state index contributed by atoms with van der Waals surface area (Å²) in [5, 5.41) is 19.1. The van der Waals surface area contributed by atoms with Gasteiger partial charge in [-0.15, -0.1) is 16.9 Å². The van der Waals surface area contributed by atoms with Crippen molar-refractivity contribution in [2.45, 2.75) is 20.3 Å². The maximum atomic E-state index is 9.18. The Morgan fingerprint density at radius 2 is 2.24 bits per heavy atom. The number of anilines is 1. The molecule has 2 heterocycles. The van der Waals surface area contributed by atoms with Crippen LogP contribution in [0.4, 0.5) is 5.82 Å². The fraction of sp³-hybridized carbons (Fsp3) is 0.263. The number of hydrogen-bond acceptors (Lipinski definition) is 5. The van der Waals surface area contributed by atoms with Crippen molar-refractivity contribution >= 4 is 23.2 Å². The summed E-state index contributed by atoms with van der Waals surface area (Å²) in [7, 11) is 0. The molecule has 0 radical (unpaired) electrons. The predicted octanol–water partition coefficient (Wildman–Crippen LogP) is 3.96. The van der Waals surface area contributed by atoms with E-state index in [4.69, 9.17) is 0 Å². The van der Waals surface area contributed by atoms with Crippen LogP contribution < -0.4 is 5.32 Å². The van der Waals surface area contributed by atoms with Crippen molar-refractivity contribution in [3.63, 3.8) is 0 Å². The van der Waals surface area contributed by atoms with Gasteiger partial charge in [0.15, 0.2) is 5.65 Å². The molecular weight excluding hydrogens is 332 g/mol. The van der Waals surface area contributed by atoms with Crippen molar-refractivity contribution in [3.8, 4) is 0 Å². The summed E-state index contributed by atoms with van der Waals surface area (Å²) in [5.41, 5.74) is 2.69. The van der Waals surface area contributed by atoms with Gasteiger partial charge in [0, 0.05) is 17.9 Å². The van der Waals surface area contributed by atoms with E-state index in [0.29, 0.717) is 13.0 Å². The smallest absolute Gasteiger partial charge is 0.153 e. The topological polar surface area (TPSA) is 62.5 Å². The molecule has 5 nitrogen and oxygen atoms in total. The number of fused-ring (bicyclic) bond motifs is 1. The third kappa shape index (κ3) is 5.62. The maximum absolute atomic E-state index is 9.18. The Hall–Kier alpha value is -2.31. The summed E-state index contributed by atoms with van der Waals surface area (Å²) in [5.74, 6) is 0.780. The first-order valence-electron chi connectivity index (χ1n) is 8.13. The zero-order valence-corrected chi connectivity index (χ0v) is 15.5. The normalized spacial score (nSPS) is 12.5. The number of allylic oxidation sites excluding steroid dienone is 3. The largest absolute Gasteiger partial charge is 0.392 e. The molecule has 0 atom stereocenters. The third-order valence-corrected chi connectivity index (χ3v) is 4.37. The van der Waals surface area contributed by atoms with Crippen molar-refractivity contribution in [2.24, 2.45) is 0 Å². The minimum Gasteiger partial charge on any atom is -0.392 e. The molecule has 0 bridgehead atoms. The molecule has 2 aromatic rings. The number of rotatable bonds is 9. The highest BCUT2D eigenvalue weighted by molar-refractivity contribution is 8.05. The van der Waals surface area contributed by atoms with Crippen LogP contribution >= 0.6 is 11.8 Å². The van der Waals surface area contributed by atoms with Crippen molar-refractivity contribution in [2.75, 3.05) is 18.5 Å². The first-order chi connectivity index (χ1) is 12.2. The third-order valence-electron chi connectivity index (χ3n) is 3.48. The minimum atomic E-state index is 0.0432. The van der Waals surface area contributed by atoms with Crippen LogP contribution in [-0.2, 0) is 6.42 Å². The first kappa shape index (κ1) is 19.0. The first-order valence-corrected chi connectivity index (χ1v) is 9.01. The summed E-state index contributed by atoms with van der Waals surface area (Å²) in [4.78, 5) is 5.40. The quantitative estimate of drug-likeness (QED) is 0.666. The Balaban J connectivity index is 2.07. The Kier molecular flexibility index (Phi) is 7.50. The van der Waals surface area contributed by atoms with E-state index in [0.717, 1.165) is 27.6 Å². The van der Waals surface area contributed by atoms with Crippen LogP contribution in [0.1, 0.15) is 19.5 Å². The lowest BCUT2D eigenvalue weighted by Crippen LogP contribution is -2.07. The Bertz CT molecular complexity index is 805. The number of aliphatic hydroxyl groups excluding tert-OH is 1. The standard InChI is InChI=1S/C19H24N4OS/c1-4-11-25-15(3)12-20-18-9-10-19-21-13-17(23(19)22-18)8-6-7-16(5-2)14-24/h4-7,9-11,13,24H,3,8,12,14H2,1-2H3,(H,20,22)/b7-6-,11-4-,16-5+. The van der Waals surface area contributed by atoms with E-state index in [1.807, 2.05) is 66.4 Å². The highest BCUT2D eigenvalue weighted by Gasteiger charge is 2.05. The molecular formula is C19H24N4OS. The molecule has 0 amide bonds. The second-order valence-corrected chi connectivity index (χ2v) is 6.43. The van der Waals surface area contributed by atoms with Gasteiger partial charge in [-0.2, -0.15) is 0 Å². The van der Waals surface area contributed by atoms with Crippen molar-refractivity contribution in [3.05, 3.63) is 70.8 Å². The molecule has 25 heavy (non-hydrogen) atoms. The van der Waals surface area contributed by atoms with Crippen molar-refractivity contribution in [1.82, 2.24) is 14.6 Å². The summed E-state index contributed by atoms with van der Waals surface area (Å²) in [6, 6.07) is 3.86. The number of nitrogens with one attached hydrogen (secondary N) is 1. The van der Waals surface area contributed by atoms with Gasteiger partial charge in [-0.3, -0.25) is 0 Å². The molecule has 0 aliphatic rings. The molecule has 0 aliphatic carbocycles. The number of imidazole rings is 1. The van der Waals surface area contributed by atoms with Crippen molar-refractivity contribution in [1.29, 1.82) is 0 Å². The van der Waals surface area contributed by atoms with E-state index in [2.05, 4.69) is 22.0 Å². The fourth-order valence-electron chi connectivity index (χ4n) is 2.12. The number of hydrogen-bond donors (Lipinski definition) is 2. The summed E-state index contributed by atoms with van der Waals surface area (Å²) in [6.45, 7) is 8.61. The van der Waals surface area contributed by atoms with Crippen LogP contribution in [0.3, 0.4) is 0 Å². The average Bonchev–Trinajstić information content (AvgIpc) is 3.04. The van der Waals surface area contributed by atoms with Crippen LogP contribution in [0.5, 0.6) is 0 Å². The Labute approximate surface area is 152 Å². The van der Waals surface area contributed by atoms with E-state index in [1.165, 1.54) is 0 Å². The van der Waals surface area contributed by atoms with Gasteiger partial charge in [-0.05, 0) is 37.0 Å². The molecule has 2 rings (SSSR count). The van der Waals surface area contributed by atoms with Crippen LogP contribution in [-0.4, -0.2) is 32.9 Å². The highest BCUT2D eigenvalue weighted by Crippen LogP contribution is 2.16. The van der Waals surface area contributed by atoms with Crippen LogP contribution in [0.2, 0.25) is 0 Å². The van der Waals surface area contributed by atoms with E-state index < -0.39 is 0 Å². The molecule has 0 spiro atoms. The van der Waals surface area contributed by atoms with Gasteiger partial charge in [0.1, 0.15) is 5.82 Å². The van der Waals surface area contributed by atoms with E-state index in [1.54, 1.807) is 11.8 Å². The molecule has 2 aromatic heterocycles. The predicted molar refractivity (Wildman–Crippen MR) is 107 cm³/mol. The molecule has 132 valence electrons. The second kappa shape index (κ2) is 9.86. The lowest BCUT2D eigenvalue weighted by molar-refractivity contribution is 0.335.